The number of fused-ring (bicyclic) bond motifs is 1. The predicted octanol–water partition coefficient (Wildman–Crippen LogP) is 1.13. The minimum atomic E-state index is 0.0808. The first-order valence-electron chi connectivity index (χ1n) is 8.21. The highest BCUT2D eigenvalue weighted by atomic mass is 16.1. The van der Waals surface area contributed by atoms with Crippen LogP contribution in [0.25, 0.3) is 5.65 Å². The molecule has 2 aromatic rings. The molecular weight excluding hydrogens is 292 g/mol. The molecule has 23 heavy (non-hydrogen) atoms. The normalized spacial score (nSPS) is 11.3. The van der Waals surface area contributed by atoms with Gasteiger partial charge in [0.1, 0.15) is 6.33 Å². The van der Waals surface area contributed by atoms with Crippen LogP contribution >= 0.6 is 0 Å². The van der Waals surface area contributed by atoms with Gasteiger partial charge < -0.3 is 10.2 Å². The molecule has 126 valence electrons. The Balaban J connectivity index is 1.89. The zero-order valence-corrected chi connectivity index (χ0v) is 14.5. The topological polar surface area (TPSA) is 75.4 Å². The van der Waals surface area contributed by atoms with E-state index in [2.05, 4.69) is 39.4 Å². The van der Waals surface area contributed by atoms with Gasteiger partial charge in [-0.05, 0) is 38.9 Å². The molecule has 0 aromatic carbocycles. The Kier molecular flexibility index (Phi) is 6.04. The first kappa shape index (κ1) is 17.3. The van der Waals surface area contributed by atoms with Crippen LogP contribution in [0.5, 0.6) is 0 Å². The Bertz CT molecular complexity index is 662. The summed E-state index contributed by atoms with van der Waals surface area (Å²) >= 11 is 0. The number of amides is 1. The molecule has 0 aliphatic rings. The molecule has 2 aromatic heterocycles. The Labute approximate surface area is 137 Å². The highest BCUT2D eigenvalue weighted by Gasteiger charge is 2.12. The number of hydrogen-bond acceptors (Lipinski definition) is 5. The van der Waals surface area contributed by atoms with E-state index in [1.54, 1.807) is 10.8 Å². The van der Waals surface area contributed by atoms with Crippen LogP contribution in [0.3, 0.4) is 0 Å². The summed E-state index contributed by atoms with van der Waals surface area (Å²) in [6, 6.07) is 0. The third kappa shape index (κ3) is 4.25. The van der Waals surface area contributed by atoms with Crippen molar-refractivity contribution in [2.24, 2.45) is 0 Å². The molecule has 0 fully saturated rings. The lowest BCUT2D eigenvalue weighted by Crippen LogP contribution is -2.34. The van der Waals surface area contributed by atoms with Crippen molar-refractivity contribution in [2.75, 3.05) is 26.2 Å². The summed E-state index contributed by atoms with van der Waals surface area (Å²) in [4.78, 5) is 14.3. The van der Waals surface area contributed by atoms with Crippen molar-refractivity contribution >= 4 is 11.6 Å². The van der Waals surface area contributed by atoms with Gasteiger partial charge in [0, 0.05) is 25.1 Å². The molecular formula is C16H26N6O. The van der Waals surface area contributed by atoms with Gasteiger partial charge in [-0.25, -0.2) is 4.52 Å². The number of aromatic nitrogens is 4. The van der Waals surface area contributed by atoms with Gasteiger partial charge in [0.15, 0.2) is 5.65 Å². The van der Waals surface area contributed by atoms with Gasteiger partial charge in [-0.3, -0.25) is 4.79 Å². The van der Waals surface area contributed by atoms with E-state index in [9.17, 15) is 4.79 Å². The molecule has 1 amide bonds. The zero-order chi connectivity index (χ0) is 16.8. The van der Waals surface area contributed by atoms with Gasteiger partial charge in [-0.2, -0.15) is 5.10 Å². The van der Waals surface area contributed by atoms with Crippen molar-refractivity contribution in [2.45, 2.75) is 40.5 Å². The van der Waals surface area contributed by atoms with Crippen molar-refractivity contribution in [1.29, 1.82) is 0 Å². The molecule has 2 heterocycles. The minimum absolute atomic E-state index is 0.0808. The standard InChI is InChI=1S/C16H26N6O/c1-5-21(6-2)10-9-17-15(23)8-7-14-12(3)16-19-18-11-22(16)20-13(14)4/h11H,5-10H2,1-4H3,(H,17,23). The Morgan fingerprint density at radius 3 is 2.74 bits per heavy atom. The van der Waals surface area contributed by atoms with Gasteiger partial charge in [0.05, 0.1) is 5.69 Å². The minimum Gasteiger partial charge on any atom is -0.355 e. The average molecular weight is 318 g/mol. The number of aryl methyl sites for hydroxylation is 2. The molecule has 0 aliphatic carbocycles. The molecule has 0 bridgehead atoms. The number of likely N-dealkylation sites (N-methyl/N-ethyl adjacent to an activating group) is 1. The fourth-order valence-corrected chi connectivity index (χ4v) is 2.77. The first-order chi connectivity index (χ1) is 11.1. The van der Waals surface area contributed by atoms with E-state index >= 15 is 0 Å². The summed E-state index contributed by atoms with van der Waals surface area (Å²) < 4.78 is 1.68. The van der Waals surface area contributed by atoms with E-state index in [0.717, 1.165) is 42.1 Å². The predicted molar refractivity (Wildman–Crippen MR) is 89.4 cm³/mol. The number of nitrogens with zero attached hydrogens (tertiary/aromatic N) is 5. The molecule has 0 atom stereocenters. The summed E-state index contributed by atoms with van der Waals surface area (Å²) in [5.41, 5.74) is 3.81. The van der Waals surface area contributed by atoms with Gasteiger partial charge in [0.25, 0.3) is 0 Å². The molecule has 0 saturated carbocycles. The van der Waals surface area contributed by atoms with Crippen LogP contribution in [0.15, 0.2) is 6.33 Å². The summed E-state index contributed by atoms with van der Waals surface area (Å²) in [5, 5.41) is 15.4. The zero-order valence-electron chi connectivity index (χ0n) is 14.5. The summed E-state index contributed by atoms with van der Waals surface area (Å²) in [7, 11) is 0. The van der Waals surface area contributed by atoms with Gasteiger partial charge in [-0.15, -0.1) is 10.2 Å². The summed E-state index contributed by atoms with van der Waals surface area (Å²) in [6.45, 7) is 11.8. The van der Waals surface area contributed by atoms with E-state index in [1.807, 2.05) is 13.8 Å². The summed E-state index contributed by atoms with van der Waals surface area (Å²) in [6.07, 6.45) is 2.73. The van der Waals surface area contributed by atoms with Crippen molar-refractivity contribution in [3.63, 3.8) is 0 Å². The number of nitrogens with one attached hydrogen (secondary N) is 1. The second-order valence-electron chi connectivity index (χ2n) is 5.66. The molecule has 0 aliphatic heterocycles. The smallest absolute Gasteiger partial charge is 0.220 e. The molecule has 0 saturated heterocycles. The Hall–Kier alpha value is -2.02. The number of carbonyl (C=O) groups excluding carboxylic acids is 1. The molecule has 2 rings (SSSR count). The van der Waals surface area contributed by atoms with E-state index in [-0.39, 0.29) is 5.91 Å². The molecule has 0 unspecified atom stereocenters. The third-order valence-corrected chi connectivity index (χ3v) is 4.26. The molecule has 7 nitrogen and oxygen atoms in total. The van der Waals surface area contributed by atoms with E-state index in [0.29, 0.717) is 19.4 Å². The maximum absolute atomic E-state index is 12.0. The highest BCUT2D eigenvalue weighted by molar-refractivity contribution is 5.76. The second-order valence-corrected chi connectivity index (χ2v) is 5.66. The SMILES string of the molecule is CCN(CC)CCNC(=O)CCc1c(C)nn2cnnc2c1C. The van der Waals surface area contributed by atoms with Crippen LogP contribution in [0.1, 0.15) is 37.1 Å². The number of rotatable bonds is 8. The average Bonchev–Trinajstić information content (AvgIpc) is 2.99. The lowest BCUT2D eigenvalue weighted by atomic mass is 10.0. The van der Waals surface area contributed by atoms with Crippen LogP contribution in [-0.2, 0) is 11.2 Å². The van der Waals surface area contributed by atoms with E-state index in [4.69, 9.17) is 0 Å². The van der Waals surface area contributed by atoms with Crippen LogP contribution in [0, 0.1) is 13.8 Å². The first-order valence-corrected chi connectivity index (χ1v) is 8.21. The second kappa shape index (κ2) is 8.01. The maximum Gasteiger partial charge on any atom is 0.220 e. The van der Waals surface area contributed by atoms with Gasteiger partial charge >= 0.3 is 0 Å². The van der Waals surface area contributed by atoms with Crippen LogP contribution in [0.4, 0.5) is 0 Å². The summed E-state index contributed by atoms with van der Waals surface area (Å²) in [5.74, 6) is 0.0808. The van der Waals surface area contributed by atoms with Crippen LogP contribution < -0.4 is 5.32 Å². The molecule has 0 radical (unpaired) electrons. The van der Waals surface area contributed by atoms with E-state index < -0.39 is 0 Å². The lowest BCUT2D eigenvalue weighted by molar-refractivity contribution is -0.121. The van der Waals surface area contributed by atoms with Gasteiger partial charge in [0.2, 0.25) is 5.91 Å². The van der Waals surface area contributed by atoms with Crippen molar-refractivity contribution in [3.8, 4) is 0 Å². The number of carbonyl (C=O) groups is 1. The largest absolute Gasteiger partial charge is 0.355 e. The fourth-order valence-electron chi connectivity index (χ4n) is 2.77. The molecule has 0 spiro atoms. The van der Waals surface area contributed by atoms with Crippen molar-refractivity contribution < 1.29 is 4.79 Å². The third-order valence-electron chi connectivity index (χ3n) is 4.26. The fraction of sp³-hybridized carbons (Fsp3) is 0.625. The Morgan fingerprint density at radius 2 is 2.04 bits per heavy atom. The molecule has 1 N–H and O–H groups in total. The monoisotopic (exact) mass is 318 g/mol. The molecule has 7 heteroatoms. The quantitative estimate of drug-likeness (QED) is 0.790. The van der Waals surface area contributed by atoms with E-state index in [1.165, 1.54) is 0 Å². The van der Waals surface area contributed by atoms with Crippen LogP contribution in [0.2, 0.25) is 0 Å². The maximum atomic E-state index is 12.0. The van der Waals surface area contributed by atoms with Gasteiger partial charge in [-0.1, -0.05) is 13.8 Å². The lowest BCUT2D eigenvalue weighted by Gasteiger charge is -2.18. The Morgan fingerprint density at radius 1 is 1.30 bits per heavy atom. The highest BCUT2D eigenvalue weighted by Crippen LogP contribution is 2.17. The van der Waals surface area contributed by atoms with Crippen molar-refractivity contribution in [1.82, 2.24) is 30.0 Å². The number of hydrogen-bond donors (Lipinski definition) is 1. The van der Waals surface area contributed by atoms with Crippen molar-refractivity contribution in [3.05, 3.63) is 23.1 Å². The van der Waals surface area contributed by atoms with Crippen LogP contribution in [-0.4, -0.2) is 56.8 Å².